The number of carbonyl (C=O) groups is 1. The maximum atomic E-state index is 13.2. The molecule has 1 aliphatic carbocycles. The molecule has 4 nitrogen and oxygen atoms in total. The second-order valence-corrected chi connectivity index (χ2v) is 7.68. The Kier molecular flexibility index (Phi) is 3.95. The van der Waals surface area contributed by atoms with Gasteiger partial charge in [0, 0.05) is 30.5 Å². The summed E-state index contributed by atoms with van der Waals surface area (Å²) in [6.07, 6.45) is 1.12. The predicted octanol–water partition coefficient (Wildman–Crippen LogP) is 3.57. The number of para-hydroxylation sites is 2. The van der Waals surface area contributed by atoms with E-state index in [1.807, 2.05) is 72.8 Å². The summed E-state index contributed by atoms with van der Waals surface area (Å²) >= 11 is 0. The van der Waals surface area contributed by atoms with Gasteiger partial charge in [-0.2, -0.15) is 0 Å². The van der Waals surface area contributed by atoms with Crippen LogP contribution in [0.15, 0.2) is 72.8 Å². The number of amides is 1. The van der Waals surface area contributed by atoms with E-state index in [1.54, 1.807) is 0 Å². The monoisotopic (exact) mass is 371 g/mol. The summed E-state index contributed by atoms with van der Waals surface area (Å²) in [6.45, 7) is 0.224. The number of benzene rings is 3. The number of fused-ring (bicyclic) bond motifs is 3. The predicted molar refractivity (Wildman–Crippen MR) is 107 cm³/mol. The Morgan fingerprint density at radius 1 is 0.893 bits per heavy atom. The number of ether oxygens (including phenoxy) is 1. The van der Waals surface area contributed by atoms with Crippen molar-refractivity contribution in [1.82, 2.24) is 5.32 Å². The lowest BCUT2D eigenvalue weighted by Crippen LogP contribution is -2.45. The van der Waals surface area contributed by atoms with Crippen molar-refractivity contribution < 1.29 is 14.6 Å². The number of carbonyl (C=O) groups excluding carboxylic acids is 1. The van der Waals surface area contributed by atoms with Gasteiger partial charge in [0.25, 0.3) is 0 Å². The van der Waals surface area contributed by atoms with E-state index in [4.69, 9.17) is 4.74 Å². The molecule has 3 aromatic carbocycles. The van der Waals surface area contributed by atoms with E-state index >= 15 is 0 Å². The van der Waals surface area contributed by atoms with Crippen molar-refractivity contribution in [2.45, 2.75) is 24.4 Å². The van der Waals surface area contributed by atoms with Crippen LogP contribution in [0.5, 0.6) is 11.5 Å². The topological polar surface area (TPSA) is 58.6 Å². The average molecular weight is 371 g/mol. The number of hydrogen-bond donors (Lipinski definition) is 2. The minimum atomic E-state index is -0.941. The van der Waals surface area contributed by atoms with Crippen LogP contribution < -0.4 is 10.1 Å². The lowest BCUT2D eigenvalue weighted by atomic mass is 9.87. The first-order valence-electron chi connectivity index (χ1n) is 9.56. The van der Waals surface area contributed by atoms with E-state index in [1.165, 1.54) is 0 Å². The summed E-state index contributed by atoms with van der Waals surface area (Å²) in [6, 6.07) is 23.3. The van der Waals surface area contributed by atoms with Gasteiger partial charge in [0.2, 0.25) is 5.91 Å². The van der Waals surface area contributed by atoms with E-state index < -0.39 is 11.5 Å². The van der Waals surface area contributed by atoms with E-state index in [-0.39, 0.29) is 12.5 Å². The third-order valence-corrected chi connectivity index (χ3v) is 5.69. The molecular weight excluding hydrogens is 350 g/mol. The molecule has 5 rings (SSSR count). The minimum absolute atomic E-state index is 0.118. The van der Waals surface area contributed by atoms with Crippen molar-refractivity contribution in [2.75, 3.05) is 6.54 Å². The van der Waals surface area contributed by atoms with Gasteiger partial charge in [0.1, 0.15) is 11.5 Å². The van der Waals surface area contributed by atoms with E-state index in [2.05, 4.69) is 5.32 Å². The van der Waals surface area contributed by atoms with Crippen LogP contribution in [-0.2, 0) is 17.6 Å². The Bertz CT molecular complexity index is 988. The van der Waals surface area contributed by atoms with Gasteiger partial charge in [-0.1, -0.05) is 60.7 Å². The lowest BCUT2D eigenvalue weighted by Gasteiger charge is -2.29. The van der Waals surface area contributed by atoms with E-state index in [0.29, 0.717) is 24.3 Å². The molecule has 1 heterocycles. The number of rotatable bonds is 3. The Balaban J connectivity index is 1.39. The van der Waals surface area contributed by atoms with E-state index in [9.17, 15) is 9.90 Å². The molecule has 28 heavy (non-hydrogen) atoms. The van der Waals surface area contributed by atoms with Crippen molar-refractivity contribution in [3.63, 3.8) is 0 Å². The normalized spacial score (nSPS) is 16.5. The quantitative estimate of drug-likeness (QED) is 0.740. The molecule has 0 fully saturated rings. The standard InChI is InChI=1S/C24H21NO3/c26-23(25-15-24(27)13-16-7-1-2-8-17(16)14-24)22-18-9-3-5-11-20(18)28-21-12-6-4-10-19(21)22/h1-12,22,27H,13-15H2,(H,25,26). The Morgan fingerprint density at radius 2 is 1.39 bits per heavy atom. The van der Waals surface area contributed by atoms with Crippen molar-refractivity contribution in [3.05, 3.63) is 95.1 Å². The van der Waals surface area contributed by atoms with Crippen LogP contribution in [0, 0.1) is 0 Å². The molecule has 0 atom stereocenters. The van der Waals surface area contributed by atoms with Gasteiger partial charge < -0.3 is 15.2 Å². The summed E-state index contributed by atoms with van der Waals surface area (Å²) in [7, 11) is 0. The van der Waals surface area contributed by atoms with Crippen molar-refractivity contribution in [1.29, 1.82) is 0 Å². The van der Waals surface area contributed by atoms with Gasteiger partial charge in [-0.05, 0) is 23.3 Å². The molecule has 0 spiro atoms. The Morgan fingerprint density at radius 3 is 1.96 bits per heavy atom. The van der Waals surface area contributed by atoms with Gasteiger partial charge in [-0.25, -0.2) is 0 Å². The largest absolute Gasteiger partial charge is 0.457 e. The molecule has 1 amide bonds. The van der Waals surface area contributed by atoms with Gasteiger partial charge >= 0.3 is 0 Å². The first-order chi connectivity index (χ1) is 13.6. The number of hydrogen-bond acceptors (Lipinski definition) is 3. The zero-order valence-corrected chi connectivity index (χ0v) is 15.4. The smallest absolute Gasteiger partial charge is 0.232 e. The van der Waals surface area contributed by atoms with Crippen molar-refractivity contribution in [2.24, 2.45) is 0 Å². The number of nitrogens with one attached hydrogen (secondary N) is 1. The third kappa shape index (κ3) is 2.86. The highest BCUT2D eigenvalue weighted by Crippen LogP contribution is 2.44. The zero-order valence-electron chi connectivity index (χ0n) is 15.4. The molecule has 4 heteroatoms. The summed E-state index contributed by atoms with van der Waals surface area (Å²) in [5.41, 5.74) is 3.06. The highest BCUT2D eigenvalue weighted by Gasteiger charge is 2.37. The van der Waals surface area contributed by atoms with E-state index in [0.717, 1.165) is 22.3 Å². The molecular formula is C24H21NO3. The highest BCUT2D eigenvalue weighted by atomic mass is 16.5. The molecule has 0 unspecified atom stereocenters. The first kappa shape index (κ1) is 17.0. The molecule has 1 aliphatic heterocycles. The van der Waals surface area contributed by atoms with Crippen LogP contribution in [-0.4, -0.2) is 23.2 Å². The second kappa shape index (κ2) is 6.50. The van der Waals surface area contributed by atoms with Crippen LogP contribution >= 0.6 is 0 Å². The van der Waals surface area contributed by atoms with Gasteiger partial charge in [-0.3, -0.25) is 4.79 Å². The molecule has 140 valence electrons. The Hall–Kier alpha value is -3.11. The van der Waals surface area contributed by atoms with Gasteiger partial charge in [0.05, 0.1) is 11.5 Å². The van der Waals surface area contributed by atoms with Gasteiger partial charge in [0.15, 0.2) is 0 Å². The third-order valence-electron chi connectivity index (χ3n) is 5.69. The molecule has 0 bridgehead atoms. The van der Waals surface area contributed by atoms with Crippen LogP contribution in [0.1, 0.15) is 28.2 Å². The summed E-state index contributed by atoms with van der Waals surface area (Å²) < 4.78 is 5.97. The molecule has 0 radical (unpaired) electrons. The fraction of sp³-hybridized carbons (Fsp3) is 0.208. The van der Waals surface area contributed by atoms with Crippen molar-refractivity contribution in [3.8, 4) is 11.5 Å². The molecule has 2 N–H and O–H groups in total. The molecule has 0 aromatic heterocycles. The van der Waals surface area contributed by atoms with Gasteiger partial charge in [-0.15, -0.1) is 0 Å². The van der Waals surface area contributed by atoms with Crippen molar-refractivity contribution >= 4 is 5.91 Å². The number of aliphatic hydroxyl groups is 1. The molecule has 3 aromatic rings. The second-order valence-electron chi connectivity index (χ2n) is 7.68. The van der Waals surface area contributed by atoms with Crippen LogP contribution in [0.4, 0.5) is 0 Å². The molecule has 0 saturated heterocycles. The summed E-state index contributed by atoms with van der Waals surface area (Å²) in [5, 5.41) is 14.0. The average Bonchev–Trinajstić information content (AvgIpc) is 3.06. The maximum Gasteiger partial charge on any atom is 0.232 e. The summed E-state index contributed by atoms with van der Waals surface area (Å²) in [5.74, 6) is 0.836. The van der Waals surface area contributed by atoms with Crippen LogP contribution in [0.25, 0.3) is 0 Å². The molecule has 2 aliphatic rings. The first-order valence-corrected chi connectivity index (χ1v) is 9.56. The molecule has 0 saturated carbocycles. The summed E-state index contributed by atoms with van der Waals surface area (Å²) in [4.78, 5) is 13.2. The zero-order chi connectivity index (χ0) is 19.1. The SMILES string of the molecule is O=C(NCC1(O)Cc2ccccc2C1)C1c2ccccc2Oc2ccccc21. The fourth-order valence-corrected chi connectivity index (χ4v) is 4.35. The lowest BCUT2D eigenvalue weighted by molar-refractivity contribution is -0.123. The Labute approximate surface area is 163 Å². The fourth-order valence-electron chi connectivity index (χ4n) is 4.35. The maximum absolute atomic E-state index is 13.2. The highest BCUT2D eigenvalue weighted by molar-refractivity contribution is 5.89. The minimum Gasteiger partial charge on any atom is -0.457 e. The van der Waals surface area contributed by atoms with Crippen LogP contribution in [0.3, 0.4) is 0 Å². The van der Waals surface area contributed by atoms with Crippen LogP contribution in [0.2, 0.25) is 0 Å².